The van der Waals surface area contributed by atoms with Crippen molar-refractivity contribution in [3.8, 4) is 0 Å². The summed E-state index contributed by atoms with van der Waals surface area (Å²) in [5.41, 5.74) is 0.799. The number of hydrogen-bond acceptors (Lipinski definition) is 5. The lowest BCUT2D eigenvalue weighted by Gasteiger charge is -2.43. The van der Waals surface area contributed by atoms with Crippen LogP contribution in [0.2, 0.25) is 0 Å². The summed E-state index contributed by atoms with van der Waals surface area (Å²) in [5.74, 6) is 1.25. The Hall–Kier alpha value is -2.06. The van der Waals surface area contributed by atoms with E-state index in [9.17, 15) is 9.59 Å². The smallest absolute Gasteiger partial charge is 0.321 e. The van der Waals surface area contributed by atoms with Gasteiger partial charge in [0, 0.05) is 36.0 Å². The number of nitrogens with one attached hydrogen (secondary N) is 1. The highest BCUT2D eigenvalue weighted by Crippen LogP contribution is 2.44. The first-order valence-electron chi connectivity index (χ1n) is 9.31. The van der Waals surface area contributed by atoms with Gasteiger partial charge in [-0.1, -0.05) is 0 Å². The molecule has 2 aromatic rings. The number of anilines is 1. The minimum atomic E-state index is -0.235. The number of urea groups is 1. The Morgan fingerprint density at radius 1 is 1.14 bits per heavy atom. The Balaban J connectivity index is 1.37. The largest absolute Gasteiger partial charge is 0.459 e. The van der Waals surface area contributed by atoms with E-state index in [0.29, 0.717) is 18.8 Å². The van der Waals surface area contributed by atoms with Crippen molar-refractivity contribution in [2.75, 3.05) is 37.0 Å². The molecule has 2 aliphatic heterocycles. The number of benzene rings is 1. The minimum absolute atomic E-state index is 0.0539. The molecule has 6 nitrogen and oxygen atoms in total. The lowest BCUT2D eigenvalue weighted by Crippen LogP contribution is -2.54. The molecule has 0 bridgehead atoms. The Kier molecular flexibility index (Phi) is 5.59. The zero-order chi connectivity index (χ0) is 19.6. The lowest BCUT2D eigenvalue weighted by molar-refractivity contribution is 0.0554. The summed E-state index contributed by atoms with van der Waals surface area (Å²) in [6.07, 6.45) is 5.09. The Bertz CT molecular complexity index is 831. The van der Waals surface area contributed by atoms with Gasteiger partial charge in [0.2, 0.25) is 0 Å². The number of carbonyl (C=O) groups is 2. The maximum Gasteiger partial charge on any atom is 0.321 e. The van der Waals surface area contributed by atoms with Crippen molar-refractivity contribution in [3.63, 3.8) is 0 Å². The fraction of sp³-hybridized carbons (Fsp3) is 0.400. The second-order valence-corrected chi connectivity index (χ2v) is 9.21. The highest BCUT2D eigenvalue weighted by atomic mass is 32.2. The molecular weight excluding hydrogens is 394 g/mol. The number of rotatable bonds is 3. The third-order valence-corrected chi connectivity index (χ3v) is 7.62. The molecule has 148 valence electrons. The van der Waals surface area contributed by atoms with E-state index < -0.39 is 0 Å². The van der Waals surface area contributed by atoms with Crippen LogP contribution in [0.25, 0.3) is 0 Å². The first kappa shape index (κ1) is 19.3. The van der Waals surface area contributed by atoms with Gasteiger partial charge in [-0.05, 0) is 55.5 Å². The molecule has 0 aliphatic carbocycles. The highest BCUT2D eigenvalue weighted by molar-refractivity contribution is 8.00. The number of piperidine rings is 1. The SMILES string of the molecule is CSc1ccc(NC(=O)N2CCC3(CC2)SCCN3C(=O)c2ccco2)cc1. The number of thioether (sulfide) groups is 2. The molecule has 1 aromatic heterocycles. The molecule has 8 heteroatoms. The molecule has 0 unspecified atom stereocenters. The molecule has 0 radical (unpaired) electrons. The van der Waals surface area contributed by atoms with Gasteiger partial charge >= 0.3 is 6.03 Å². The van der Waals surface area contributed by atoms with Gasteiger partial charge in [0.05, 0.1) is 11.1 Å². The van der Waals surface area contributed by atoms with Gasteiger partial charge < -0.3 is 19.5 Å². The van der Waals surface area contributed by atoms with Crippen LogP contribution in [0.5, 0.6) is 0 Å². The summed E-state index contributed by atoms with van der Waals surface area (Å²) in [6.45, 7) is 1.98. The predicted octanol–water partition coefficient (Wildman–Crippen LogP) is 4.21. The lowest BCUT2D eigenvalue weighted by atomic mass is 10.0. The molecular formula is C20H23N3O3S2. The summed E-state index contributed by atoms with van der Waals surface area (Å²) in [6, 6.07) is 11.2. The van der Waals surface area contributed by atoms with E-state index in [4.69, 9.17) is 4.42 Å². The zero-order valence-corrected chi connectivity index (χ0v) is 17.4. The molecule has 3 amide bonds. The van der Waals surface area contributed by atoms with Crippen LogP contribution in [0.1, 0.15) is 23.4 Å². The van der Waals surface area contributed by atoms with Crippen LogP contribution < -0.4 is 5.32 Å². The highest BCUT2D eigenvalue weighted by Gasteiger charge is 2.47. The van der Waals surface area contributed by atoms with Gasteiger partial charge in [-0.15, -0.1) is 23.5 Å². The molecule has 4 rings (SSSR count). The van der Waals surface area contributed by atoms with Crippen LogP contribution in [-0.4, -0.2) is 58.3 Å². The van der Waals surface area contributed by atoms with E-state index in [1.807, 2.05) is 52.1 Å². The third-order valence-electron chi connectivity index (χ3n) is 5.33. The molecule has 2 aliphatic rings. The van der Waals surface area contributed by atoms with Crippen molar-refractivity contribution >= 4 is 41.1 Å². The Morgan fingerprint density at radius 2 is 1.89 bits per heavy atom. The first-order chi connectivity index (χ1) is 13.6. The number of nitrogens with zero attached hydrogens (tertiary/aromatic N) is 2. The number of furan rings is 1. The van der Waals surface area contributed by atoms with Crippen molar-refractivity contribution < 1.29 is 14.0 Å². The van der Waals surface area contributed by atoms with Crippen LogP contribution in [-0.2, 0) is 0 Å². The number of amides is 3. The summed E-state index contributed by atoms with van der Waals surface area (Å²) >= 11 is 3.50. The molecule has 3 heterocycles. The van der Waals surface area contributed by atoms with E-state index in [1.54, 1.807) is 23.9 Å². The maximum absolute atomic E-state index is 12.8. The summed E-state index contributed by atoms with van der Waals surface area (Å²) in [7, 11) is 0. The van der Waals surface area contributed by atoms with E-state index >= 15 is 0 Å². The second kappa shape index (κ2) is 8.13. The van der Waals surface area contributed by atoms with E-state index in [1.165, 1.54) is 6.26 Å². The molecule has 1 aromatic carbocycles. The zero-order valence-electron chi connectivity index (χ0n) is 15.7. The molecule has 0 saturated carbocycles. The standard InChI is InChI=1S/C20H23N3O3S2/c1-27-16-6-4-15(5-7-16)21-19(25)22-10-8-20(9-11-22)23(12-14-28-20)18(24)17-3-2-13-26-17/h2-7,13H,8-12,14H2,1H3,(H,21,25). The van der Waals surface area contributed by atoms with Gasteiger partial charge in [0.15, 0.2) is 5.76 Å². The minimum Gasteiger partial charge on any atom is -0.459 e. The van der Waals surface area contributed by atoms with Gasteiger partial charge in [0.25, 0.3) is 5.91 Å². The monoisotopic (exact) mass is 417 g/mol. The predicted molar refractivity (Wildman–Crippen MR) is 113 cm³/mol. The molecule has 2 saturated heterocycles. The number of carbonyl (C=O) groups excluding carboxylic acids is 2. The molecule has 1 N–H and O–H groups in total. The van der Waals surface area contributed by atoms with E-state index in [0.717, 1.165) is 35.7 Å². The van der Waals surface area contributed by atoms with E-state index in [2.05, 4.69) is 5.32 Å². The van der Waals surface area contributed by atoms with Crippen molar-refractivity contribution in [2.24, 2.45) is 0 Å². The van der Waals surface area contributed by atoms with Crippen molar-refractivity contribution in [1.82, 2.24) is 9.80 Å². The van der Waals surface area contributed by atoms with Gasteiger partial charge in [0.1, 0.15) is 0 Å². The fourth-order valence-electron chi connectivity index (χ4n) is 3.78. The van der Waals surface area contributed by atoms with E-state index in [-0.39, 0.29) is 16.8 Å². The van der Waals surface area contributed by atoms with Gasteiger partial charge in [-0.3, -0.25) is 4.79 Å². The molecule has 0 atom stereocenters. The summed E-state index contributed by atoms with van der Waals surface area (Å²) < 4.78 is 5.31. The summed E-state index contributed by atoms with van der Waals surface area (Å²) in [5, 5.41) is 2.97. The Labute approximate surface area is 173 Å². The topological polar surface area (TPSA) is 65.8 Å². The maximum atomic E-state index is 12.8. The normalized spacial score (nSPS) is 18.5. The quantitative estimate of drug-likeness (QED) is 0.758. The van der Waals surface area contributed by atoms with Crippen molar-refractivity contribution in [2.45, 2.75) is 22.6 Å². The number of likely N-dealkylation sites (tertiary alicyclic amines) is 1. The average molecular weight is 418 g/mol. The second-order valence-electron chi connectivity index (χ2n) is 6.87. The van der Waals surface area contributed by atoms with Crippen LogP contribution in [0.3, 0.4) is 0 Å². The summed E-state index contributed by atoms with van der Waals surface area (Å²) in [4.78, 5) is 30.2. The van der Waals surface area contributed by atoms with Crippen molar-refractivity contribution in [1.29, 1.82) is 0 Å². The van der Waals surface area contributed by atoms with Gasteiger partial charge in [-0.25, -0.2) is 4.79 Å². The van der Waals surface area contributed by atoms with Gasteiger partial charge in [-0.2, -0.15) is 0 Å². The Morgan fingerprint density at radius 3 is 2.54 bits per heavy atom. The van der Waals surface area contributed by atoms with Crippen LogP contribution in [0, 0.1) is 0 Å². The van der Waals surface area contributed by atoms with Crippen LogP contribution >= 0.6 is 23.5 Å². The average Bonchev–Trinajstić information content (AvgIpc) is 3.39. The fourth-order valence-corrected chi connectivity index (χ4v) is 5.64. The van der Waals surface area contributed by atoms with Crippen molar-refractivity contribution in [3.05, 3.63) is 48.4 Å². The molecule has 28 heavy (non-hydrogen) atoms. The number of hydrogen-bond donors (Lipinski definition) is 1. The molecule has 2 fully saturated rings. The van der Waals surface area contributed by atoms with Crippen LogP contribution in [0.4, 0.5) is 10.5 Å². The van der Waals surface area contributed by atoms with Crippen LogP contribution in [0.15, 0.2) is 52.0 Å². The first-order valence-corrected chi connectivity index (χ1v) is 11.5. The third kappa shape index (κ3) is 3.75. The molecule has 1 spiro atoms.